The van der Waals surface area contributed by atoms with E-state index in [0.717, 1.165) is 32.9 Å². The topological polar surface area (TPSA) is 71.3 Å². The highest BCUT2D eigenvalue weighted by atomic mass is 32.2. The molecular formula is C24H24N4O2S. The zero-order valence-corrected chi connectivity index (χ0v) is 18.6. The largest absolute Gasteiger partial charge is 0.334 e. The first-order chi connectivity index (χ1) is 15.0. The van der Waals surface area contributed by atoms with E-state index in [4.69, 9.17) is 4.52 Å². The number of nitrogens with one attached hydrogen (secondary N) is 1. The first-order valence-electron chi connectivity index (χ1n) is 9.96. The fourth-order valence-corrected chi connectivity index (χ4v) is 4.01. The highest BCUT2D eigenvalue weighted by Gasteiger charge is 2.35. The van der Waals surface area contributed by atoms with Crippen molar-refractivity contribution in [2.75, 3.05) is 12.8 Å². The Morgan fingerprint density at radius 1 is 1.16 bits per heavy atom. The van der Waals surface area contributed by atoms with Crippen molar-refractivity contribution < 1.29 is 9.32 Å². The zero-order valence-electron chi connectivity index (χ0n) is 17.8. The van der Waals surface area contributed by atoms with Crippen LogP contribution in [0.15, 0.2) is 76.3 Å². The predicted molar refractivity (Wildman–Crippen MR) is 123 cm³/mol. The lowest BCUT2D eigenvalue weighted by atomic mass is 9.94. The summed E-state index contributed by atoms with van der Waals surface area (Å²) in [6.07, 6.45) is 3.73. The molecule has 2 aromatic carbocycles. The first kappa shape index (κ1) is 20.9. The van der Waals surface area contributed by atoms with Crippen LogP contribution in [0.25, 0.3) is 17.0 Å². The standard InChI is InChI=1S/C24H24N4O2S/c1-5-14-28-16(3)20(21(25-24(28)29)17-10-12-19(31-4)13-11-17)23-26-22(27-30-23)18-8-6-15(2)7-9-18/h5-13,21H,1,14H2,2-4H3,(H,25,29). The number of thioether (sulfide) groups is 1. The number of hydrogen-bond acceptors (Lipinski definition) is 5. The lowest BCUT2D eigenvalue weighted by molar-refractivity contribution is 0.209. The molecule has 0 bridgehead atoms. The molecule has 1 atom stereocenters. The van der Waals surface area contributed by atoms with E-state index in [1.165, 1.54) is 0 Å². The van der Waals surface area contributed by atoms with Crippen LogP contribution in [0, 0.1) is 6.92 Å². The number of carbonyl (C=O) groups is 1. The average Bonchev–Trinajstić information content (AvgIpc) is 3.26. The molecule has 6 nitrogen and oxygen atoms in total. The summed E-state index contributed by atoms with van der Waals surface area (Å²) in [4.78, 5) is 20.3. The molecule has 0 radical (unpaired) electrons. The summed E-state index contributed by atoms with van der Waals surface area (Å²) in [5.74, 6) is 0.903. The predicted octanol–water partition coefficient (Wildman–Crippen LogP) is 5.45. The van der Waals surface area contributed by atoms with Gasteiger partial charge < -0.3 is 9.84 Å². The molecular weight excluding hydrogens is 408 g/mol. The summed E-state index contributed by atoms with van der Waals surface area (Å²) in [5, 5.41) is 7.28. The van der Waals surface area contributed by atoms with Crippen LogP contribution < -0.4 is 5.32 Å². The number of aromatic nitrogens is 2. The lowest BCUT2D eigenvalue weighted by Crippen LogP contribution is -2.46. The molecule has 2 heterocycles. The Hall–Kier alpha value is -3.32. The lowest BCUT2D eigenvalue weighted by Gasteiger charge is -2.34. The average molecular weight is 433 g/mol. The number of rotatable bonds is 6. The van der Waals surface area contributed by atoms with E-state index in [1.54, 1.807) is 22.7 Å². The maximum Gasteiger partial charge on any atom is 0.322 e. The molecule has 1 aromatic heterocycles. The fourth-order valence-electron chi connectivity index (χ4n) is 3.61. The van der Waals surface area contributed by atoms with Crippen molar-refractivity contribution in [2.45, 2.75) is 24.8 Å². The van der Waals surface area contributed by atoms with Gasteiger partial charge in [-0.3, -0.25) is 4.90 Å². The van der Waals surface area contributed by atoms with Gasteiger partial charge in [0, 0.05) is 22.7 Å². The van der Waals surface area contributed by atoms with E-state index in [1.807, 2.05) is 68.6 Å². The molecule has 31 heavy (non-hydrogen) atoms. The summed E-state index contributed by atoms with van der Waals surface area (Å²) in [5.41, 5.74) is 4.54. The first-order valence-corrected chi connectivity index (χ1v) is 11.2. The van der Waals surface area contributed by atoms with E-state index in [9.17, 15) is 4.79 Å². The monoisotopic (exact) mass is 432 g/mol. The van der Waals surface area contributed by atoms with E-state index in [2.05, 4.69) is 22.0 Å². The second-order valence-corrected chi connectivity index (χ2v) is 8.22. The van der Waals surface area contributed by atoms with Crippen molar-refractivity contribution in [2.24, 2.45) is 0 Å². The molecule has 0 fully saturated rings. The van der Waals surface area contributed by atoms with Crippen molar-refractivity contribution in [3.05, 3.63) is 83.9 Å². The molecule has 7 heteroatoms. The Balaban J connectivity index is 1.79. The van der Waals surface area contributed by atoms with Gasteiger partial charge in [-0.15, -0.1) is 18.3 Å². The molecule has 0 saturated carbocycles. The van der Waals surface area contributed by atoms with Gasteiger partial charge in [0.05, 0.1) is 11.6 Å². The van der Waals surface area contributed by atoms with E-state index >= 15 is 0 Å². The van der Waals surface area contributed by atoms with Crippen LogP contribution in [0.1, 0.15) is 30.0 Å². The molecule has 1 unspecified atom stereocenters. The van der Waals surface area contributed by atoms with Crippen LogP contribution in [-0.4, -0.2) is 33.9 Å². The Morgan fingerprint density at radius 3 is 2.52 bits per heavy atom. The molecule has 1 aliphatic rings. The summed E-state index contributed by atoms with van der Waals surface area (Å²) in [6.45, 7) is 8.09. The minimum absolute atomic E-state index is 0.182. The normalized spacial score (nSPS) is 16.4. The van der Waals surface area contributed by atoms with Crippen molar-refractivity contribution in [3.8, 4) is 11.4 Å². The van der Waals surface area contributed by atoms with E-state index in [-0.39, 0.29) is 6.03 Å². The Labute approximate surface area is 186 Å². The van der Waals surface area contributed by atoms with E-state index in [0.29, 0.717) is 18.3 Å². The van der Waals surface area contributed by atoms with Gasteiger partial charge in [-0.1, -0.05) is 53.2 Å². The van der Waals surface area contributed by atoms with Gasteiger partial charge in [0.25, 0.3) is 5.89 Å². The number of amides is 2. The molecule has 158 valence electrons. The highest BCUT2D eigenvalue weighted by molar-refractivity contribution is 7.98. The third-order valence-electron chi connectivity index (χ3n) is 5.32. The molecule has 3 aromatic rings. The van der Waals surface area contributed by atoms with Crippen molar-refractivity contribution in [3.63, 3.8) is 0 Å². The highest BCUT2D eigenvalue weighted by Crippen LogP contribution is 2.37. The number of carbonyl (C=O) groups excluding carboxylic acids is 1. The van der Waals surface area contributed by atoms with Gasteiger partial charge in [0.15, 0.2) is 0 Å². The van der Waals surface area contributed by atoms with Crippen LogP contribution in [0.2, 0.25) is 0 Å². The molecule has 1 aliphatic heterocycles. The molecule has 4 rings (SSSR count). The van der Waals surface area contributed by atoms with Crippen molar-refractivity contribution in [1.29, 1.82) is 0 Å². The van der Waals surface area contributed by atoms with Crippen LogP contribution in [-0.2, 0) is 0 Å². The quantitative estimate of drug-likeness (QED) is 0.414. The van der Waals surface area contributed by atoms with Crippen LogP contribution in [0.5, 0.6) is 0 Å². The molecule has 0 saturated heterocycles. The number of nitrogens with zero attached hydrogens (tertiary/aromatic N) is 3. The summed E-state index contributed by atoms with van der Waals surface area (Å²) in [6, 6.07) is 15.5. The van der Waals surface area contributed by atoms with Gasteiger partial charge in [-0.2, -0.15) is 4.98 Å². The number of urea groups is 1. The van der Waals surface area contributed by atoms with Gasteiger partial charge in [0.2, 0.25) is 5.82 Å². The molecule has 1 N–H and O–H groups in total. The van der Waals surface area contributed by atoms with Crippen LogP contribution in [0.4, 0.5) is 4.79 Å². The fraction of sp³-hybridized carbons (Fsp3) is 0.208. The molecule has 0 aliphatic carbocycles. The smallest absolute Gasteiger partial charge is 0.322 e. The van der Waals surface area contributed by atoms with Gasteiger partial charge in [0.1, 0.15) is 0 Å². The van der Waals surface area contributed by atoms with Crippen molar-refractivity contribution >= 4 is 23.4 Å². The minimum atomic E-state index is -0.393. The SMILES string of the molecule is C=CCN1C(=O)NC(c2ccc(SC)cc2)C(c2nc(-c3ccc(C)cc3)no2)=C1C. The number of allylic oxidation sites excluding steroid dienone is 1. The number of aryl methyl sites for hydroxylation is 1. The van der Waals surface area contributed by atoms with Gasteiger partial charge in [-0.05, 0) is 37.8 Å². The Morgan fingerprint density at radius 2 is 1.87 bits per heavy atom. The van der Waals surface area contributed by atoms with Crippen LogP contribution >= 0.6 is 11.8 Å². The second-order valence-electron chi connectivity index (χ2n) is 7.34. The van der Waals surface area contributed by atoms with Gasteiger partial charge in [-0.25, -0.2) is 4.79 Å². The van der Waals surface area contributed by atoms with Gasteiger partial charge >= 0.3 is 6.03 Å². The Kier molecular flexibility index (Phi) is 5.95. The minimum Gasteiger partial charge on any atom is -0.334 e. The summed E-state index contributed by atoms with van der Waals surface area (Å²) >= 11 is 1.67. The maximum absolute atomic E-state index is 12.8. The third kappa shape index (κ3) is 4.14. The maximum atomic E-state index is 12.8. The van der Waals surface area contributed by atoms with Crippen molar-refractivity contribution in [1.82, 2.24) is 20.4 Å². The van der Waals surface area contributed by atoms with E-state index < -0.39 is 6.04 Å². The summed E-state index contributed by atoms with van der Waals surface area (Å²) < 4.78 is 5.69. The third-order valence-corrected chi connectivity index (χ3v) is 6.07. The zero-order chi connectivity index (χ0) is 22.0. The molecule has 0 spiro atoms. The summed E-state index contributed by atoms with van der Waals surface area (Å²) in [7, 11) is 0. The second kappa shape index (κ2) is 8.81. The number of benzene rings is 2. The molecule has 2 amide bonds. The van der Waals surface area contributed by atoms with Crippen LogP contribution in [0.3, 0.4) is 0 Å². The Bertz CT molecular complexity index is 1130. The number of hydrogen-bond donors (Lipinski definition) is 1.